The molecule has 3 heterocycles. The van der Waals surface area contributed by atoms with Crippen LogP contribution < -0.4 is 20.1 Å². The number of nitriles is 1. The summed E-state index contributed by atoms with van der Waals surface area (Å²) in [6, 6.07) is 17.1. The van der Waals surface area contributed by atoms with E-state index in [0.29, 0.717) is 62.7 Å². The lowest BCUT2D eigenvalue weighted by atomic mass is 10.1. The summed E-state index contributed by atoms with van der Waals surface area (Å²) in [5.41, 5.74) is 3.37. The second kappa shape index (κ2) is 13.2. The Morgan fingerprint density at radius 2 is 2.07 bits per heavy atom. The van der Waals surface area contributed by atoms with Crippen molar-refractivity contribution in [2.75, 3.05) is 23.8 Å². The normalized spacial score (nSPS) is 14.6. The van der Waals surface area contributed by atoms with Crippen molar-refractivity contribution >= 4 is 45.5 Å². The first-order valence-corrected chi connectivity index (χ1v) is 14.2. The van der Waals surface area contributed by atoms with Gasteiger partial charge in [0.2, 0.25) is 5.91 Å². The largest absolute Gasteiger partial charge is 0.492 e. The van der Waals surface area contributed by atoms with Crippen LogP contribution in [0.3, 0.4) is 0 Å². The van der Waals surface area contributed by atoms with E-state index in [9.17, 15) is 10.1 Å². The molecule has 2 aromatic carbocycles. The Labute approximate surface area is 249 Å². The highest BCUT2D eigenvalue weighted by atomic mass is 35.5. The van der Waals surface area contributed by atoms with Gasteiger partial charge in [0, 0.05) is 54.4 Å². The summed E-state index contributed by atoms with van der Waals surface area (Å²) >= 11 is 6.54. The monoisotopic (exact) mass is 582 g/mol. The molecule has 0 unspecified atom stereocenters. The molecule has 1 amide bonds. The maximum Gasteiger partial charge on any atom is 0.249 e. The van der Waals surface area contributed by atoms with Crippen LogP contribution in [-0.4, -0.2) is 40.0 Å². The van der Waals surface area contributed by atoms with E-state index in [1.54, 1.807) is 30.5 Å². The van der Waals surface area contributed by atoms with Gasteiger partial charge in [-0.1, -0.05) is 17.7 Å². The smallest absolute Gasteiger partial charge is 0.249 e. The van der Waals surface area contributed by atoms with Gasteiger partial charge in [-0.05, 0) is 63.1 Å². The summed E-state index contributed by atoms with van der Waals surface area (Å²) < 4.78 is 11.7. The predicted octanol–water partition coefficient (Wildman–Crippen LogP) is 6.81. The van der Waals surface area contributed by atoms with Crippen LogP contribution in [0, 0.1) is 11.3 Å². The van der Waals surface area contributed by atoms with Gasteiger partial charge in [0.05, 0.1) is 39.8 Å². The van der Waals surface area contributed by atoms with Gasteiger partial charge in [0.15, 0.2) is 0 Å². The van der Waals surface area contributed by atoms with Crippen LogP contribution in [0.25, 0.3) is 10.9 Å². The maximum atomic E-state index is 12.9. The minimum atomic E-state index is -0.276. The fourth-order valence-electron chi connectivity index (χ4n) is 4.80. The number of amides is 1. The number of likely N-dealkylation sites (tertiary alicyclic amines) is 1. The van der Waals surface area contributed by atoms with E-state index < -0.39 is 0 Å². The zero-order valence-electron chi connectivity index (χ0n) is 23.4. The molecular weight excluding hydrogens is 552 g/mol. The second-order valence-corrected chi connectivity index (χ2v) is 10.3. The number of nitrogens with zero attached hydrogens (tertiary/aromatic N) is 4. The number of pyridine rings is 2. The first-order chi connectivity index (χ1) is 20.4. The summed E-state index contributed by atoms with van der Waals surface area (Å²) in [4.78, 5) is 23.8. The molecule has 2 aromatic heterocycles. The molecule has 10 heteroatoms. The van der Waals surface area contributed by atoms with Gasteiger partial charge in [-0.25, -0.2) is 0 Å². The molecular formula is C32H31ClN6O3. The number of hydrogen-bond acceptors (Lipinski definition) is 8. The van der Waals surface area contributed by atoms with Crippen molar-refractivity contribution in [2.24, 2.45) is 0 Å². The van der Waals surface area contributed by atoms with Crippen molar-refractivity contribution in [2.45, 2.75) is 39.3 Å². The fourth-order valence-corrected chi connectivity index (χ4v) is 5.04. The predicted molar refractivity (Wildman–Crippen MR) is 164 cm³/mol. The molecule has 0 spiro atoms. The quantitative estimate of drug-likeness (QED) is 0.196. The topological polar surface area (TPSA) is 112 Å². The summed E-state index contributed by atoms with van der Waals surface area (Å²) in [5, 5.41) is 17.2. The average Bonchev–Trinajstić information content (AvgIpc) is 3.41. The van der Waals surface area contributed by atoms with E-state index in [1.165, 1.54) is 12.3 Å². The molecule has 214 valence electrons. The van der Waals surface area contributed by atoms with Crippen LogP contribution in [0.4, 0.5) is 17.1 Å². The number of carbonyl (C=O) groups excluding carboxylic acids is 1. The van der Waals surface area contributed by atoms with Crippen LogP contribution in [0.2, 0.25) is 5.02 Å². The van der Waals surface area contributed by atoms with Gasteiger partial charge < -0.3 is 25.0 Å². The Morgan fingerprint density at radius 3 is 2.79 bits per heavy atom. The molecule has 4 aromatic rings. The fraction of sp³-hybridized carbons (Fsp3) is 0.250. The highest BCUT2D eigenvalue weighted by Crippen LogP contribution is 2.37. The van der Waals surface area contributed by atoms with Gasteiger partial charge >= 0.3 is 0 Å². The van der Waals surface area contributed by atoms with Crippen molar-refractivity contribution < 1.29 is 14.3 Å². The molecule has 1 aliphatic rings. The number of anilines is 3. The molecule has 1 atom stereocenters. The summed E-state index contributed by atoms with van der Waals surface area (Å²) in [5.74, 6) is 0.721. The van der Waals surface area contributed by atoms with Crippen LogP contribution >= 0.6 is 11.6 Å². The third-order valence-electron chi connectivity index (χ3n) is 6.97. The van der Waals surface area contributed by atoms with E-state index in [1.807, 2.05) is 37.4 Å². The molecule has 5 rings (SSSR count). The number of benzene rings is 2. The van der Waals surface area contributed by atoms with Gasteiger partial charge in [-0.2, -0.15) is 5.26 Å². The van der Waals surface area contributed by atoms with Crippen molar-refractivity contribution in [3.8, 4) is 17.6 Å². The first kappa shape index (κ1) is 28.7. The standard InChI is InChI=1S/C32H31ClN6O3/c1-3-41-30-17-27-25(16-28(30)38-31(40)11-14-39-13-6-7-21(39)2)32(22(18-34)19-36-27)37-23-9-10-29(26(33)15-23)42-20-24-8-4-5-12-35-24/h4-5,8-12,14-17,19,21H,3,6-7,13,20H2,1-2H3,(H,36,37)(H,38,40)/b14-11+/t21-/m1/s1. The summed E-state index contributed by atoms with van der Waals surface area (Å²) in [7, 11) is 0. The Bertz CT molecular complexity index is 1650. The molecule has 0 aliphatic carbocycles. The number of rotatable bonds is 10. The number of halogens is 1. The van der Waals surface area contributed by atoms with Crippen LogP contribution in [0.1, 0.15) is 37.9 Å². The van der Waals surface area contributed by atoms with E-state index in [-0.39, 0.29) is 12.5 Å². The highest BCUT2D eigenvalue weighted by molar-refractivity contribution is 6.32. The maximum absolute atomic E-state index is 12.9. The number of ether oxygens (including phenoxy) is 2. The summed E-state index contributed by atoms with van der Waals surface area (Å²) in [6.07, 6.45) is 8.81. The van der Waals surface area contributed by atoms with Crippen molar-refractivity contribution in [3.05, 3.63) is 89.5 Å². The Kier molecular flexibility index (Phi) is 9.05. The van der Waals surface area contributed by atoms with Crippen LogP contribution in [-0.2, 0) is 11.4 Å². The van der Waals surface area contributed by atoms with Crippen molar-refractivity contribution in [1.29, 1.82) is 5.26 Å². The highest BCUT2D eigenvalue weighted by Gasteiger charge is 2.18. The number of nitrogens with one attached hydrogen (secondary N) is 2. The Morgan fingerprint density at radius 1 is 1.19 bits per heavy atom. The third kappa shape index (κ3) is 6.73. The minimum Gasteiger partial charge on any atom is -0.492 e. The zero-order chi connectivity index (χ0) is 29.5. The Balaban J connectivity index is 1.42. The lowest BCUT2D eigenvalue weighted by Crippen LogP contribution is -2.21. The number of carbonyl (C=O) groups is 1. The van der Waals surface area contributed by atoms with E-state index in [4.69, 9.17) is 21.1 Å². The van der Waals surface area contributed by atoms with Gasteiger partial charge in [-0.15, -0.1) is 0 Å². The van der Waals surface area contributed by atoms with Crippen LogP contribution in [0.5, 0.6) is 11.5 Å². The minimum absolute atomic E-state index is 0.276. The summed E-state index contributed by atoms with van der Waals surface area (Å²) in [6.45, 7) is 5.64. The molecule has 2 N–H and O–H groups in total. The zero-order valence-corrected chi connectivity index (χ0v) is 24.2. The van der Waals surface area contributed by atoms with E-state index in [0.717, 1.165) is 25.1 Å². The molecule has 0 saturated carbocycles. The van der Waals surface area contributed by atoms with Crippen LogP contribution in [0.15, 0.2) is 73.2 Å². The lowest BCUT2D eigenvalue weighted by molar-refractivity contribution is -0.112. The molecule has 1 fully saturated rings. The Hall–Kier alpha value is -4.81. The third-order valence-corrected chi connectivity index (χ3v) is 7.27. The second-order valence-electron chi connectivity index (χ2n) is 9.87. The lowest BCUT2D eigenvalue weighted by Gasteiger charge is -2.18. The van der Waals surface area contributed by atoms with Crippen molar-refractivity contribution in [1.82, 2.24) is 14.9 Å². The SMILES string of the molecule is CCOc1cc2ncc(C#N)c(Nc3ccc(OCc4ccccn4)c(Cl)c3)c2cc1NC(=O)/C=C/N1CCC[C@H]1C. The molecule has 9 nitrogen and oxygen atoms in total. The van der Waals surface area contributed by atoms with E-state index in [2.05, 4.69) is 38.5 Å². The average molecular weight is 583 g/mol. The molecule has 0 radical (unpaired) electrons. The number of fused-ring (bicyclic) bond motifs is 1. The number of aromatic nitrogens is 2. The molecule has 1 aliphatic heterocycles. The molecule has 0 bridgehead atoms. The molecule has 1 saturated heterocycles. The molecule has 42 heavy (non-hydrogen) atoms. The van der Waals surface area contributed by atoms with Gasteiger partial charge in [0.25, 0.3) is 0 Å². The van der Waals surface area contributed by atoms with E-state index >= 15 is 0 Å². The first-order valence-electron chi connectivity index (χ1n) is 13.8. The van der Waals surface area contributed by atoms with Gasteiger partial charge in [-0.3, -0.25) is 14.8 Å². The van der Waals surface area contributed by atoms with Gasteiger partial charge in [0.1, 0.15) is 24.2 Å². The van der Waals surface area contributed by atoms with Crippen molar-refractivity contribution in [3.63, 3.8) is 0 Å². The number of hydrogen-bond donors (Lipinski definition) is 2.